The summed E-state index contributed by atoms with van der Waals surface area (Å²) in [5.41, 5.74) is -1.73. The van der Waals surface area contributed by atoms with E-state index in [9.17, 15) is 55.1 Å². The number of rotatable bonds is 17. The molecule has 2 bridgehead atoms. The van der Waals surface area contributed by atoms with Crippen LogP contribution in [0.15, 0.2) is 12.2 Å². The van der Waals surface area contributed by atoms with Crippen molar-refractivity contribution in [3.63, 3.8) is 0 Å². The second-order valence-electron chi connectivity index (χ2n) is 31.0. The van der Waals surface area contributed by atoms with E-state index in [0.29, 0.717) is 25.7 Å². The molecule has 34 heteroatoms. The SMILES string of the molecule is CCO[C@@H]1C[C@H]2C(=O)NC3(CCC3)C(=O)N(C)[C@@H](C(CC)CC)C(=O)N(C)[C@H](C(=O)N(C)CCOC)CC(=O)N(C)[C@@H](CC)C(=O)N[C@@H]([C@@H](C)CC)C(=O)N(C)CC(=O)N(C)[C@H]3C/C=C\CCN(C3=O)[C@@H](CC3CCC(C(F)(F)F)CC3)C(=O)N(C)CC(=O)N[C@@H](CCC3CC(F)C(C(F)(F)F)C(F)C3)C(=O)N2C1. The van der Waals surface area contributed by atoms with Gasteiger partial charge in [0.15, 0.2) is 0 Å². The molecule has 12 amide bonds. The second kappa shape index (κ2) is 39.8. The quantitative estimate of drug-likeness (QED) is 0.112. The van der Waals surface area contributed by atoms with E-state index in [-0.39, 0.29) is 110 Å². The Labute approximate surface area is 635 Å². The van der Waals surface area contributed by atoms with E-state index in [1.807, 2.05) is 0 Å². The lowest BCUT2D eigenvalue weighted by atomic mass is 9.74. The zero-order chi connectivity index (χ0) is 81.5. The van der Waals surface area contributed by atoms with Gasteiger partial charge in [-0.25, -0.2) is 8.78 Å². The molecule has 1 spiro atoms. The number of carbonyl (C=O) groups is 12. The van der Waals surface area contributed by atoms with E-state index >= 15 is 37.5 Å². The Morgan fingerprint density at radius 2 is 1.28 bits per heavy atom. The average molecular weight is 1560 g/mol. The summed E-state index contributed by atoms with van der Waals surface area (Å²) in [5, 5.41) is 8.33. The van der Waals surface area contributed by atoms with Crippen LogP contribution in [0, 0.1) is 35.5 Å². The van der Waals surface area contributed by atoms with Crippen molar-refractivity contribution in [1.29, 1.82) is 0 Å². The molecule has 0 aromatic rings. The van der Waals surface area contributed by atoms with Gasteiger partial charge in [0.2, 0.25) is 70.9 Å². The fourth-order valence-electron chi connectivity index (χ4n) is 16.5. The molecule has 3 aliphatic heterocycles. The molecule has 0 radical (unpaired) electrons. The third kappa shape index (κ3) is 22.3. The summed E-state index contributed by atoms with van der Waals surface area (Å²) in [6, 6.07) is -11.6. The van der Waals surface area contributed by atoms with Crippen molar-refractivity contribution in [3.8, 4) is 0 Å². The number of amides is 12. The van der Waals surface area contributed by atoms with Crippen LogP contribution >= 0.6 is 0 Å². The average Bonchev–Trinajstić information content (AvgIpc) is 1.58. The van der Waals surface area contributed by atoms with Gasteiger partial charge in [-0.2, -0.15) is 26.3 Å². The van der Waals surface area contributed by atoms with Crippen LogP contribution in [0.3, 0.4) is 0 Å². The molecule has 12 atom stereocenters. The number of fused-ring (bicyclic) bond motifs is 3. The molecule has 2 saturated heterocycles. The molecule has 3 heterocycles. The highest BCUT2D eigenvalue weighted by Crippen LogP contribution is 2.45. The first-order valence-electron chi connectivity index (χ1n) is 38.7. The number of nitrogens with one attached hydrogen (secondary N) is 3. The summed E-state index contributed by atoms with van der Waals surface area (Å²) in [7, 11) is 10.7. The molecule has 3 aliphatic carbocycles. The van der Waals surface area contributed by atoms with Crippen molar-refractivity contribution in [2.24, 2.45) is 35.5 Å². The summed E-state index contributed by atoms with van der Waals surface area (Å²) in [6.07, 6.45) is -15.2. The fourth-order valence-corrected chi connectivity index (χ4v) is 16.5. The van der Waals surface area contributed by atoms with Gasteiger partial charge in [0.25, 0.3) is 0 Å². The Morgan fingerprint density at radius 1 is 0.661 bits per heavy atom. The molecular formula is C75H118F8N12O14. The molecule has 26 nitrogen and oxygen atoms in total. The highest BCUT2D eigenvalue weighted by Gasteiger charge is 2.56. The maximum atomic E-state index is 15.6. The molecular weight excluding hydrogens is 1440 g/mol. The lowest BCUT2D eigenvalue weighted by molar-refractivity contribution is -0.219. The van der Waals surface area contributed by atoms with Crippen LogP contribution in [0.1, 0.15) is 170 Å². The van der Waals surface area contributed by atoms with Crippen molar-refractivity contribution in [1.82, 2.24) is 60.0 Å². The Hall–Kier alpha value is -7.26. The topological polar surface area (TPSA) is 289 Å². The van der Waals surface area contributed by atoms with E-state index in [1.54, 1.807) is 53.7 Å². The van der Waals surface area contributed by atoms with Crippen LogP contribution in [0.4, 0.5) is 35.1 Å². The predicted molar refractivity (Wildman–Crippen MR) is 385 cm³/mol. The number of halogens is 8. The summed E-state index contributed by atoms with van der Waals surface area (Å²) in [5.74, 6) is -17.2. The van der Waals surface area contributed by atoms with Crippen molar-refractivity contribution >= 4 is 70.9 Å². The molecule has 618 valence electrons. The number of likely N-dealkylation sites (N-methyl/N-ethyl adjacent to an activating group) is 7. The highest BCUT2D eigenvalue weighted by atomic mass is 19.4. The van der Waals surface area contributed by atoms with Gasteiger partial charge in [-0.1, -0.05) is 66.0 Å². The predicted octanol–water partition coefficient (Wildman–Crippen LogP) is 5.98. The van der Waals surface area contributed by atoms with Gasteiger partial charge in [0.05, 0.1) is 38.1 Å². The molecule has 6 rings (SSSR count). The van der Waals surface area contributed by atoms with Gasteiger partial charge < -0.3 is 69.5 Å². The van der Waals surface area contributed by atoms with Gasteiger partial charge in [0.1, 0.15) is 72.1 Å². The molecule has 6 aliphatic rings. The normalized spacial score (nSPS) is 30.9. The van der Waals surface area contributed by atoms with Crippen molar-refractivity contribution in [3.05, 3.63) is 12.2 Å². The highest BCUT2D eigenvalue weighted by molar-refractivity contribution is 6.01. The number of alkyl halides is 8. The van der Waals surface area contributed by atoms with Crippen LogP contribution < -0.4 is 16.0 Å². The maximum Gasteiger partial charge on any atom is 0.397 e. The van der Waals surface area contributed by atoms with Gasteiger partial charge in [-0.3, -0.25) is 57.5 Å². The summed E-state index contributed by atoms with van der Waals surface area (Å²) in [6.45, 7) is 8.43. The van der Waals surface area contributed by atoms with Gasteiger partial charge >= 0.3 is 12.4 Å². The summed E-state index contributed by atoms with van der Waals surface area (Å²) in [4.78, 5) is 191. The number of methoxy groups -OCH3 is 1. The van der Waals surface area contributed by atoms with Crippen LogP contribution in [0.2, 0.25) is 0 Å². The number of carbonyl (C=O) groups excluding carboxylic acids is 12. The number of hydrogen-bond acceptors (Lipinski definition) is 14. The van der Waals surface area contributed by atoms with Crippen LogP contribution in [0.25, 0.3) is 0 Å². The fraction of sp³-hybridized carbons (Fsp3) is 0.813. The monoisotopic (exact) mass is 1560 g/mol. The standard InChI is InChI=1S/C75H118F8N12O14/c1-15-44(6)62-70(105)89(9)43-60(98)91(11)54-24-21-20-22-33-94(69(54)104)57(38-45-25-28-48(29-26-45)74(78,79)80)68(103)88(8)42-58(96)84-52(30-27-46-36-50(76)61(51(77)37-46)75(81,82)83)66(101)95-41-49(109-19-5)39-55(95)65(100)86-73(31-23-32-73)72(107)93(13)63(47(16-2)17-3)71(106)92(12)56(67(102)87(7)34-35-108-14)40-59(97)90(10)53(18-4)64(99)85-62/h20-21,44-57,61-63H,15-19,22-43H2,1-14H3,(H,84,96)(H,85,99)(H,86,100)/b21-20-/t44-,45?,46?,48?,49+,50?,51?,52-,53-,54-,55-,56-,57-,61?,62-,63-/m0/s1. The Morgan fingerprint density at radius 3 is 1.83 bits per heavy atom. The van der Waals surface area contributed by atoms with Gasteiger partial charge in [-0.05, 0) is 127 Å². The third-order valence-electron chi connectivity index (χ3n) is 23.8. The van der Waals surface area contributed by atoms with E-state index in [0.717, 1.165) is 29.4 Å². The number of hydrogen-bond donors (Lipinski definition) is 3. The van der Waals surface area contributed by atoms with Crippen LogP contribution in [-0.2, 0) is 67.0 Å². The smallest absolute Gasteiger partial charge is 0.383 e. The van der Waals surface area contributed by atoms with E-state index in [1.165, 1.54) is 71.1 Å². The van der Waals surface area contributed by atoms with Crippen molar-refractivity contribution < 1.29 is 102 Å². The molecule has 3 saturated carbocycles. The molecule has 0 aromatic carbocycles. The first kappa shape index (κ1) is 90.6. The van der Waals surface area contributed by atoms with Gasteiger partial charge in [-0.15, -0.1) is 0 Å². The van der Waals surface area contributed by atoms with E-state index in [2.05, 4.69) is 16.0 Å². The number of ether oxygens (including phenoxy) is 2. The van der Waals surface area contributed by atoms with E-state index in [4.69, 9.17) is 9.47 Å². The lowest BCUT2D eigenvalue weighted by Crippen LogP contribution is -2.68. The largest absolute Gasteiger partial charge is 0.397 e. The second-order valence-corrected chi connectivity index (χ2v) is 31.0. The molecule has 3 N–H and O–H groups in total. The molecule has 109 heavy (non-hydrogen) atoms. The maximum absolute atomic E-state index is 15.6. The Balaban J connectivity index is 1.49. The van der Waals surface area contributed by atoms with Crippen molar-refractivity contribution in [2.45, 2.75) is 255 Å². The Bertz CT molecular complexity index is 3200. The minimum atomic E-state index is -5.22. The minimum Gasteiger partial charge on any atom is -0.383 e. The van der Waals surface area contributed by atoms with Crippen molar-refractivity contribution in [2.75, 3.05) is 102 Å². The minimum absolute atomic E-state index is 0.00810. The van der Waals surface area contributed by atoms with E-state index < -0.39 is 230 Å². The third-order valence-corrected chi connectivity index (χ3v) is 23.8. The Kier molecular flexibility index (Phi) is 33.1. The van der Waals surface area contributed by atoms with Crippen LogP contribution in [-0.4, -0.2) is 302 Å². The zero-order valence-electron chi connectivity index (χ0n) is 65.8. The summed E-state index contributed by atoms with van der Waals surface area (Å²) < 4.78 is 127. The lowest BCUT2D eigenvalue weighted by Gasteiger charge is -2.47. The first-order valence-corrected chi connectivity index (χ1v) is 38.7. The molecule has 5 fully saturated rings. The summed E-state index contributed by atoms with van der Waals surface area (Å²) >= 11 is 0. The zero-order valence-corrected chi connectivity index (χ0v) is 65.8. The van der Waals surface area contributed by atoms with Gasteiger partial charge in [0, 0.05) is 89.1 Å². The molecule has 2 unspecified atom stereocenters. The number of nitrogens with zero attached hydrogens (tertiary/aromatic N) is 9. The van der Waals surface area contributed by atoms with Crippen LogP contribution in [0.5, 0.6) is 0 Å². The molecule has 0 aromatic heterocycles. The first-order chi connectivity index (χ1) is 51.2.